The molecule has 0 N–H and O–H groups in total. The highest BCUT2D eigenvalue weighted by molar-refractivity contribution is 7.86. The Labute approximate surface area is 528 Å². The highest BCUT2D eigenvalue weighted by Gasteiger charge is 2.42. The molecule has 0 aromatic heterocycles. The number of likely N-dealkylation sites (N-methyl/N-ethyl adjacent to an activating group) is 2. The Hall–Kier alpha value is -8.44. The Balaban J connectivity index is 0.000000543. The van der Waals surface area contributed by atoms with E-state index in [2.05, 4.69) is 25.9 Å². The lowest BCUT2D eigenvalue weighted by Crippen LogP contribution is -2.53. The van der Waals surface area contributed by atoms with Crippen molar-refractivity contribution in [2.24, 2.45) is 0 Å². The fourth-order valence-electron chi connectivity index (χ4n) is 11.2. The van der Waals surface area contributed by atoms with Gasteiger partial charge in [0.2, 0.25) is 11.5 Å². The number of carbonyl (C=O) groups excluding carboxylic acids is 2. The average Bonchev–Trinajstić information content (AvgIpc) is 0.788. The summed E-state index contributed by atoms with van der Waals surface area (Å²) in [6.07, 6.45) is 3.13. The largest absolute Gasteiger partial charge is 0.744 e. The Morgan fingerprint density at radius 1 is 0.444 bits per heavy atom. The molecule has 0 aliphatic carbocycles. The molecule has 22 nitrogen and oxygen atoms in total. The van der Waals surface area contributed by atoms with Gasteiger partial charge in [-0.2, -0.15) is 0 Å². The van der Waals surface area contributed by atoms with Gasteiger partial charge in [0, 0.05) is 36.8 Å². The van der Waals surface area contributed by atoms with E-state index in [0.29, 0.717) is 92.4 Å². The third-order valence-electron chi connectivity index (χ3n) is 16.1. The van der Waals surface area contributed by atoms with Gasteiger partial charge in [0.15, 0.2) is 59.2 Å². The zero-order valence-corrected chi connectivity index (χ0v) is 54.5. The molecule has 24 heteroatoms. The van der Waals surface area contributed by atoms with E-state index in [0.717, 1.165) is 59.3 Å². The summed E-state index contributed by atoms with van der Waals surface area (Å²) < 4.78 is 131. The molecule has 0 spiro atoms. The number of methoxy groups -OCH3 is 10. The van der Waals surface area contributed by atoms with E-state index in [1.165, 1.54) is 48.5 Å². The van der Waals surface area contributed by atoms with Crippen molar-refractivity contribution in [3.8, 4) is 69.3 Å². The fourth-order valence-corrected chi connectivity index (χ4v) is 12.1. The molecule has 2 unspecified atom stereocenters. The van der Waals surface area contributed by atoms with E-state index in [-0.39, 0.29) is 59.9 Å². The lowest BCUT2D eigenvalue weighted by molar-refractivity contribution is -0.940. The normalized spacial score (nSPS) is 17.2. The number of benzene rings is 6. The van der Waals surface area contributed by atoms with Crippen molar-refractivity contribution in [1.82, 2.24) is 0 Å². The Bertz CT molecular complexity index is 3420. The van der Waals surface area contributed by atoms with E-state index in [9.17, 15) is 35.5 Å². The van der Waals surface area contributed by atoms with Crippen LogP contribution >= 0.6 is 0 Å². The van der Waals surface area contributed by atoms with E-state index in [1.807, 2.05) is 48.5 Å². The third kappa shape index (κ3) is 18.1. The molecule has 6 aromatic carbocycles. The molecule has 4 atom stereocenters. The van der Waals surface area contributed by atoms with Crippen molar-refractivity contribution >= 4 is 32.2 Å². The van der Waals surface area contributed by atoms with Crippen LogP contribution in [0.5, 0.6) is 57.5 Å². The molecule has 2 aliphatic heterocycles. The molecule has 0 bridgehead atoms. The van der Waals surface area contributed by atoms with E-state index < -0.39 is 20.2 Å². The van der Waals surface area contributed by atoms with Gasteiger partial charge >= 0.3 is 11.9 Å². The van der Waals surface area contributed by atoms with Crippen molar-refractivity contribution < 1.29 is 101 Å². The van der Waals surface area contributed by atoms with Crippen LogP contribution in [0.4, 0.5) is 0 Å². The van der Waals surface area contributed by atoms with Gasteiger partial charge in [-0.1, -0.05) is 48.2 Å². The van der Waals surface area contributed by atoms with Crippen LogP contribution in [-0.4, -0.2) is 171 Å². The van der Waals surface area contributed by atoms with E-state index >= 15 is 0 Å². The van der Waals surface area contributed by atoms with Gasteiger partial charge in [0.05, 0.1) is 134 Å². The van der Waals surface area contributed by atoms with E-state index in [1.54, 1.807) is 83.2 Å². The van der Waals surface area contributed by atoms with Gasteiger partial charge in [-0.05, 0) is 95.1 Å². The smallest absolute Gasteiger partial charge is 0.312 e. The van der Waals surface area contributed by atoms with Crippen LogP contribution in [0.2, 0.25) is 0 Å². The van der Waals surface area contributed by atoms with Crippen LogP contribution in [-0.2, 0) is 65.0 Å². The molecule has 6 aromatic rings. The summed E-state index contributed by atoms with van der Waals surface area (Å²) in [5, 5.41) is 0. The van der Waals surface area contributed by atoms with Crippen molar-refractivity contribution in [2.45, 2.75) is 60.4 Å². The minimum Gasteiger partial charge on any atom is -0.744 e. The van der Waals surface area contributed by atoms with Crippen LogP contribution in [0.25, 0.3) is 0 Å². The number of rotatable bonds is 24. The fraction of sp³-hybridized carbons (Fsp3) is 0.394. The highest BCUT2D eigenvalue weighted by atomic mass is 32.2. The number of carbonyl (C=O) groups is 2. The van der Waals surface area contributed by atoms with Gasteiger partial charge in [0.1, 0.15) is 32.3 Å². The maximum absolute atomic E-state index is 13.2. The molecule has 2 aliphatic rings. The molecule has 0 radical (unpaired) electrons. The summed E-state index contributed by atoms with van der Waals surface area (Å²) in [5.41, 5.74) is 6.52. The summed E-state index contributed by atoms with van der Waals surface area (Å²) in [7, 11) is 11.9. The first-order valence-corrected chi connectivity index (χ1v) is 31.3. The van der Waals surface area contributed by atoms with Crippen molar-refractivity contribution in [1.29, 1.82) is 0 Å². The second-order valence-electron chi connectivity index (χ2n) is 21.4. The van der Waals surface area contributed by atoms with Crippen LogP contribution in [0, 0.1) is 11.8 Å². The Morgan fingerprint density at radius 2 is 0.744 bits per heavy atom. The van der Waals surface area contributed by atoms with Crippen LogP contribution in [0.1, 0.15) is 58.3 Å². The Kier molecular flexibility index (Phi) is 25.4. The lowest BCUT2D eigenvalue weighted by Gasteiger charge is -2.46. The molecule has 2 heterocycles. The third-order valence-corrected chi connectivity index (χ3v) is 17.8. The number of hydrogen-bond donors (Lipinski definition) is 0. The SMILES string of the molecule is COc1cc2c(cc1OC)[C@@H](Cc1cc(OC)c(OC)c(OC)c1)[N+](C)(CCC(=O)OCC#CCOC(=O)CC[N+]1(C)CCc3cc(OC)c(OC)cc3[C@H]1Cc1cc(OC)c(OC)c(OC)c1)CC2.O=S(=O)([O-])c1ccccc1.O=S(=O)([O-])c1ccccc1. The summed E-state index contributed by atoms with van der Waals surface area (Å²) in [5.74, 6) is 10.9. The molecular weight excluding hydrogens is 1200 g/mol. The zero-order chi connectivity index (χ0) is 65.8. The van der Waals surface area contributed by atoms with Gasteiger partial charge < -0.3 is 74.9 Å². The van der Waals surface area contributed by atoms with Crippen molar-refractivity contribution in [3.05, 3.63) is 143 Å². The molecule has 486 valence electrons. The number of quaternary nitrogens is 2. The molecule has 0 fully saturated rings. The molecule has 0 saturated heterocycles. The minimum absolute atomic E-state index is 0.0656. The minimum atomic E-state index is -4.25. The number of fused-ring (bicyclic) bond motifs is 2. The second-order valence-corrected chi connectivity index (χ2v) is 24.1. The Morgan fingerprint density at radius 3 is 1.01 bits per heavy atom. The molecule has 0 amide bonds. The van der Waals surface area contributed by atoms with Gasteiger partial charge in [-0.25, -0.2) is 16.8 Å². The van der Waals surface area contributed by atoms with Crippen LogP contribution in [0.15, 0.2) is 119 Å². The predicted octanol–water partition coefficient (Wildman–Crippen LogP) is 8.10. The first-order valence-electron chi connectivity index (χ1n) is 28.5. The first-order chi connectivity index (χ1) is 43.0. The van der Waals surface area contributed by atoms with Gasteiger partial charge in [-0.3, -0.25) is 9.59 Å². The number of nitrogens with zero attached hydrogens (tertiary/aromatic N) is 2. The predicted molar refractivity (Wildman–Crippen MR) is 331 cm³/mol. The number of ether oxygens (including phenoxy) is 12. The summed E-state index contributed by atoms with van der Waals surface area (Å²) in [6, 6.07) is 30.3. The standard InChI is InChI=1S/C54H70N2O14.2C6H6O3S/c1-55(19-15-37-31-43(59-3)45(61-5)33-39(37)41(55)25-35-27-47(63-7)53(67-11)48(28-35)64-8)21-17-51(57)69-23-13-14-24-70-52(58)18-22-56(2)20-16-38-32-44(60-4)46(62-6)34-40(38)42(56)26-36-29-49(65-9)54(68-12)50(30-36)66-10;2*7-10(8,9)6-4-2-1-3-5-6/h27-34,41-42H,15-26H2,1-12H3;2*1-5H,(H,7,8,9)/q+2;;/p-2/t41-,42-,55?,56?;;/m1../s1. The summed E-state index contributed by atoms with van der Waals surface area (Å²) in [4.78, 5) is 26.1. The molecule has 90 heavy (non-hydrogen) atoms. The second kappa shape index (κ2) is 32.3. The maximum atomic E-state index is 13.2. The average molecular weight is 1290 g/mol. The molecule has 8 rings (SSSR count). The lowest BCUT2D eigenvalue weighted by atomic mass is 9.86. The first kappa shape index (κ1) is 70.6. The van der Waals surface area contributed by atoms with Gasteiger partial charge in [-0.15, -0.1) is 0 Å². The van der Waals surface area contributed by atoms with Gasteiger partial charge in [0.25, 0.3) is 0 Å². The van der Waals surface area contributed by atoms with Crippen LogP contribution in [0.3, 0.4) is 0 Å². The highest BCUT2D eigenvalue weighted by Crippen LogP contribution is 2.47. The topological polar surface area (TPSA) is 259 Å². The van der Waals surface area contributed by atoms with E-state index in [4.69, 9.17) is 56.8 Å². The summed E-state index contributed by atoms with van der Waals surface area (Å²) in [6.45, 7) is 2.33. The molecule has 0 saturated carbocycles. The van der Waals surface area contributed by atoms with Crippen LogP contribution < -0.4 is 47.4 Å². The zero-order valence-electron chi connectivity index (χ0n) is 52.9. The number of esters is 2. The van der Waals surface area contributed by atoms with Crippen molar-refractivity contribution in [2.75, 3.05) is 125 Å². The maximum Gasteiger partial charge on any atom is 0.312 e. The van der Waals surface area contributed by atoms with Crippen molar-refractivity contribution in [3.63, 3.8) is 0 Å². The summed E-state index contributed by atoms with van der Waals surface area (Å²) >= 11 is 0. The quantitative estimate of drug-likeness (QED) is 0.0240. The molecular formula is C66H80N2O20S2. The number of hydrogen-bond acceptors (Lipinski definition) is 20. The monoisotopic (exact) mass is 1280 g/mol.